The van der Waals surface area contributed by atoms with Gasteiger partial charge in [0.15, 0.2) is 0 Å². The van der Waals surface area contributed by atoms with Gasteiger partial charge in [0.05, 0.1) is 11.3 Å². The summed E-state index contributed by atoms with van der Waals surface area (Å²) >= 11 is 0. The van der Waals surface area contributed by atoms with Crippen molar-refractivity contribution in [3.8, 4) is 5.75 Å². The number of halogens is 2. The largest absolute Gasteiger partial charge is 0.434 e. The molecule has 0 aliphatic rings. The lowest BCUT2D eigenvalue weighted by molar-refractivity contribution is -0.0501. The molecule has 2 rings (SSSR count). The number of rotatable bonds is 7. The van der Waals surface area contributed by atoms with E-state index in [4.69, 9.17) is 0 Å². The monoisotopic (exact) mass is 309 g/mol. The number of nitrogens with zero attached hydrogens (tertiary/aromatic N) is 2. The van der Waals surface area contributed by atoms with Crippen molar-refractivity contribution >= 4 is 5.91 Å². The number of hydrogen-bond donors (Lipinski definition) is 1. The Labute approximate surface area is 126 Å². The number of para-hydroxylation sites is 1. The van der Waals surface area contributed by atoms with Crippen LogP contribution in [-0.2, 0) is 6.54 Å². The molecule has 1 aromatic heterocycles. The molecule has 1 N–H and O–H groups in total. The van der Waals surface area contributed by atoms with Crippen LogP contribution in [0, 0.1) is 6.92 Å². The van der Waals surface area contributed by atoms with Gasteiger partial charge in [-0.1, -0.05) is 12.1 Å². The number of aromatic nitrogens is 2. The molecule has 0 aliphatic carbocycles. The SMILES string of the molecule is Cc1ccn(CCCNC(=O)c2ccccc2OC(F)F)n1. The summed E-state index contributed by atoms with van der Waals surface area (Å²) in [5.74, 6) is -0.564. The molecular weight excluding hydrogens is 292 g/mol. The lowest BCUT2D eigenvalue weighted by atomic mass is 10.2. The molecule has 0 saturated heterocycles. The Morgan fingerprint density at radius 1 is 1.36 bits per heavy atom. The van der Waals surface area contributed by atoms with Crippen molar-refractivity contribution in [3.63, 3.8) is 0 Å². The summed E-state index contributed by atoms with van der Waals surface area (Å²) in [6, 6.07) is 7.82. The number of amides is 1. The highest BCUT2D eigenvalue weighted by atomic mass is 19.3. The normalized spacial score (nSPS) is 10.7. The van der Waals surface area contributed by atoms with E-state index in [2.05, 4.69) is 15.2 Å². The van der Waals surface area contributed by atoms with Gasteiger partial charge in [-0.05, 0) is 31.5 Å². The highest BCUT2D eigenvalue weighted by molar-refractivity contribution is 5.96. The van der Waals surface area contributed by atoms with Gasteiger partial charge in [-0.25, -0.2) is 0 Å². The number of hydrogen-bond acceptors (Lipinski definition) is 3. The van der Waals surface area contributed by atoms with Crippen molar-refractivity contribution in [1.29, 1.82) is 0 Å². The topological polar surface area (TPSA) is 56.2 Å². The van der Waals surface area contributed by atoms with Gasteiger partial charge >= 0.3 is 6.61 Å². The van der Waals surface area contributed by atoms with Crippen LogP contribution in [0.1, 0.15) is 22.5 Å². The molecule has 0 radical (unpaired) electrons. The van der Waals surface area contributed by atoms with Gasteiger partial charge in [-0.15, -0.1) is 0 Å². The van der Waals surface area contributed by atoms with E-state index in [0.29, 0.717) is 19.5 Å². The van der Waals surface area contributed by atoms with Crippen molar-refractivity contribution < 1.29 is 18.3 Å². The van der Waals surface area contributed by atoms with Crippen LogP contribution in [-0.4, -0.2) is 28.8 Å². The maximum atomic E-state index is 12.3. The van der Waals surface area contributed by atoms with Crippen LogP contribution in [0.2, 0.25) is 0 Å². The maximum absolute atomic E-state index is 12.3. The van der Waals surface area contributed by atoms with E-state index in [1.165, 1.54) is 18.2 Å². The van der Waals surface area contributed by atoms with Crippen molar-refractivity contribution in [2.75, 3.05) is 6.54 Å². The molecular formula is C15H17F2N3O2. The summed E-state index contributed by atoms with van der Waals surface area (Å²) in [4.78, 5) is 12.0. The van der Waals surface area contributed by atoms with Crippen molar-refractivity contribution in [2.24, 2.45) is 0 Å². The Kier molecular flexibility index (Phi) is 5.46. The number of carbonyl (C=O) groups excluding carboxylic acids is 1. The molecule has 1 aromatic carbocycles. The van der Waals surface area contributed by atoms with Gasteiger partial charge in [0, 0.05) is 19.3 Å². The van der Waals surface area contributed by atoms with Gasteiger partial charge in [0.2, 0.25) is 0 Å². The van der Waals surface area contributed by atoms with Crippen LogP contribution in [0.15, 0.2) is 36.5 Å². The van der Waals surface area contributed by atoms with Gasteiger partial charge in [0.25, 0.3) is 5.91 Å². The second-order valence-corrected chi connectivity index (χ2v) is 4.70. The summed E-state index contributed by atoms with van der Waals surface area (Å²) in [7, 11) is 0. The number of carbonyl (C=O) groups is 1. The minimum Gasteiger partial charge on any atom is -0.434 e. The smallest absolute Gasteiger partial charge is 0.387 e. The van der Waals surface area contributed by atoms with Gasteiger partial charge in [-0.2, -0.15) is 13.9 Å². The zero-order chi connectivity index (χ0) is 15.9. The van der Waals surface area contributed by atoms with E-state index in [-0.39, 0.29) is 11.3 Å². The summed E-state index contributed by atoms with van der Waals surface area (Å²) in [5.41, 5.74) is 1.03. The fourth-order valence-corrected chi connectivity index (χ4v) is 1.98. The third-order valence-electron chi connectivity index (χ3n) is 2.97. The molecule has 0 atom stereocenters. The van der Waals surface area contributed by atoms with Crippen LogP contribution in [0.3, 0.4) is 0 Å². The standard InChI is InChI=1S/C15H17F2N3O2/c1-11-7-10-20(19-11)9-4-8-18-14(21)12-5-2-3-6-13(12)22-15(16)17/h2-3,5-7,10,15H,4,8-9H2,1H3,(H,18,21). The van der Waals surface area contributed by atoms with Crippen LogP contribution >= 0.6 is 0 Å². The van der Waals surface area contributed by atoms with Crippen molar-refractivity contribution in [1.82, 2.24) is 15.1 Å². The number of ether oxygens (including phenoxy) is 1. The lowest BCUT2D eigenvalue weighted by Gasteiger charge is -2.10. The molecule has 0 saturated carbocycles. The molecule has 5 nitrogen and oxygen atoms in total. The van der Waals surface area contributed by atoms with Crippen LogP contribution < -0.4 is 10.1 Å². The van der Waals surface area contributed by atoms with E-state index in [0.717, 1.165) is 5.69 Å². The van der Waals surface area contributed by atoms with E-state index in [9.17, 15) is 13.6 Å². The second kappa shape index (κ2) is 7.53. The average Bonchev–Trinajstić information content (AvgIpc) is 2.89. The first-order chi connectivity index (χ1) is 10.6. The summed E-state index contributed by atoms with van der Waals surface area (Å²) in [5, 5.41) is 6.92. The Hall–Kier alpha value is -2.44. The highest BCUT2D eigenvalue weighted by Crippen LogP contribution is 2.19. The van der Waals surface area contributed by atoms with Crippen molar-refractivity contribution in [3.05, 3.63) is 47.8 Å². The second-order valence-electron chi connectivity index (χ2n) is 4.70. The molecule has 2 aromatic rings. The molecule has 0 spiro atoms. The first-order valence-electron chi connectivity index (χ1n) is 6.88. The van der Waals surface area contributed by atoms with Gasteiger partial charge < -0.3 is 10.1 Å². The van der Waals surface area contributed by atoms with Crippen molar-refractivity contribution in [2.45, 2.75) is 26.5 Å². The number of benzene rings is 1. The van der Waals surface area contributed by atoms with Crippen LogP contribution in [0.4, 0.5) is 8.78 Å². The lowest BCUT2D eigenvalue weighted by Crippen LogP contribution is -2.26. The summed E-state index contributed by atoms with van der Waals surface area (Å²) in [6.07, 6.45) is 2.55. The summed E-state index contributed by atoms with van der Waals surface area (Å²) in [6.45, 7) is 0.0273. The molecule has 118 valence electrons. The number of aryl methyl sites for hydroxylation is 2. The fraction of sp³-hybridized carbons (Fsp3) is 0.333. The molecule has 22 heavy (non-hydrogen) atoms. The Morgan fingerprint density at radius 3 is 2.82 bits per heavy atom. The van der Waals surface area contributed by atoms with Crippen LogP contribution in [0.5, 0.6) is 5.75 Å². The Morgan fingerprint density at radius 2 is 2.14 bits per heavy atom. The van der Waals surface area contributed by atoms with E-state index >= 15 is 0 Å². The number of alkyl halides is 2. The highest BCUT2D eigenvalue weighted by Gasteiger charge is 2.14. The molecule has 0 fully saturated rings. The van der Waals surface area contributed by atoms with E-state index in [1.54, 1.807) is 10.7 Å². The zero-order valence-electron chi connectivity index (χ0n) is 12.1. The molecule has 1 heterocycles. The summed E-state index contributed by atoms with van der Waals surface area (Å²) < 4.78 is 30.7. The minimum absolute atomic E-state index is 0.0951. The van der Waals surface area contributed by atoms with Crippen LogP contribution in [0.25, 0.3) is 0 Å². The minimum atomic E-state index is -2.96. The third-order valence-corrected chi connectivity index (χ3v) is 2.97. The Balaban J connectivity index is 1.84. The fourth-order valence-electron chi connectivity index (χ4n) is 1.98. The first kappa shape index (κ1) is 15.9. The predicted molar refractivity (Wildman–Crippen MR) is 77.0 cm³/mol. The molecule has 0 bridgehead atoms. The third kappa shape index (κ3) is 4.54. The van der Waals surface area contributed by atoms with E-state index < -0.39 is 12.5 Å². The predicted octanol–water partition coefficient (Wildman–Crippen LogP) is 2.61. The average molecular weight is 309 g/mol. The maximum Gasteiger partial charge on any atom is 0.387 e. The molecule has 0 unspecified atom stereocenters. The Bertz CT molecular complexity index is 629. The number of nitrogens with one attached hydrogen (secondary N) is 1. The molecule has 7 heteroatoms. The zero-order valence-corrected chi connectivity index (χ0v) is 12.1. The van der Waals surface area contributed by atoms with Gasteiger partial charge in [-0.3, -0.25) is 9.48 Å². The van der Waals surface area contributed by atoms with E-state index in [1.807, 2.05) is 19.2 Å². The first-order valence-corrected chi connectivity index (χ1v) is 6.88. The van der Waals surface area contributed by atoms with Gasteiger partial charge in [0.1, 0.15) is 5.75 Å². The quantitative estimate of drug-likeness (QED) is 0.800. The molecule has 0 aliphatic heterocycles. The molecule has 1 amide bonds.